The molecule has 3 heterocycles. The maximum atomic E-state index is 12.8. The van der Waals surface area contributed by atoms with E-state index in [1.165, 1.54) is 6.20 Å². The van der Waals surface area contributed by atoms with Crippen molar-refractivity contribution < 1.29 is 4.79 Å². The number of carbonyl (C=O) groups excluding carboxylic acids is 1. The molecule has 2 aliphatic rings. The number of nitrogens with zero attached hydrogens (tertiary/aromatic N) is 5. The van der Waals surface area contributed by atoms with Crippen LogP contribution in [0.25, 0.3) is 11.3 Å². The van der Waals surface area contributed by atoms with Gasteiger partial charge in [-0.05, 0) is 25.3 Å². The first-order valence-electron chi connectivity index (χ1n) is 11.6. The third-order valence-corrected chi connectivity index (χ3v) is 6.75. The van der Waals surface area contributed by atoms with Crippen molar-refractivity contribution in [3.63, 3.8) is 0 Å². The molecule has 1 saturated carbocycles. The zero-order valence-corrected chi connectivity index (χ0v) is 19.2. The Labute approximate surface area is 198 Å². The number of hydrogen-bond acceptors (Lipinski definition) is 8. The summed E-state index contributed by atoms with van der Waals surface area (Å²) >= 11 is 0. The van der Waals surface area contributed by atoms with Gasteiger partial charge in [0, 0.05) is 37.9 Å². The molecule has 9 nitrogen and oxygen atoms in total. The quantitative estimate of drug-likeness (QED) is 0.398. The van der Waals surface area contributed by atoms with Gasteiger partial charge in [-0.2, -0.15) is 0 Å². The lowest BCUT2D eigenvalue weighted by Gasteiger charge is -2.42. The zero-order valence-electron chi connectivity index (χ0n) is 19.2. The summed E-state index contributed by atoms with van der Waals surface area (Å²) in [5, 5.41) is 14.8. The van der Waals surface area contributed by atoms with Gasteiger partial charge in [-0.1, -0.05) is 30.7 Å². The molecule has 174 valence electrons. The van der Waals surface area contributed by atoms with E-state index in [2.05, 4.69) is 35.5 Å². The number of hydrogen-bond donors (Lipinski definition) is 3. The van der Waals surface area contributed by atoms with Gasteiger partial charge in [-0.25, -0.2) is 9.97 Å². The topological polar surface area (TPSA) is 120 Å². The summed E-state index contributed by atoms with van der Waals surface area (Å²) in [6.07, 6.45) is 9.30. The number of piperazine rings is 1. The van der Waals surface area contributed by atoms with Crippen molar-refractivity contribution in [3.8, 4) is 11.3 Å². The fourth-order valence-corrected chi connectivity index (χ4v) is 4.51. The number of amidine groups is 1. The molecule has 0 radical (unpaired) electrons. The second-order valence-electron chi connectivity index (χ2n) is 8.88. The largest absolute Gasteiger partial charge is 0.353 e. The second kappa shape index (κ2) is 9.26. The molecule has 0 bridgehead atoms. The highest BCUT2D eigenvalue weighted by Crippen LogP contribution is 2.44. The van der Waals surface area contributed by atoms with Crippen molar-refractivity contribution >= 4 is 17.6 Å². The number of aryl methyl sites for hydroxylation is 1. The van der Waals surface area contributed by atoms with Gasteiger partial charge in [0.1, 0.15) is 17.3 Å². The first-order chi connectivity index (χ1) is 16.5. The van der Waals surface area contributed by atoms with E-state index < -0.39 is 11.3 Å². The summed E-state index contributed by atoms with van der Waals surface area (Å²) in [6.45, 7) is 5.45. The van der Waals surface area contributed by atoms with Crippen LogP contribution in [0.1, 0.15) is 41.0 Å². The van der Waals surface area contributed by atoms with Crippen molar-refractivity contribution in [1.82, 2.24) is 30.6 Å². The van der Waals surface area contributed by atoms with Gasteiger partial charge in [0.2, 0.25) is 0 Å². The highest BCUT2D eigenvalue weighted by Gasteiger charge is 2.43. The molecule has 5 rings (SSSR count). The molecule has 1 aromatic carbocycles. The minimum absolute atomic E-state index is 0.208. The SMILES string of the molecule is Cc1cnc(-c2ccc(C3(C(=N)NC(=O)c4cnc(N5CCNCC5)cn4)CCC3)cc2)cn1. The number of benzene rings is 1. The van der Waals surface area contributed by atoms with Crippen LogP contribution >= 0.6 is 0 Å². The molecular formula is C25H28N8O. The summed E-state index contributed by atoms with van der Waals surface area (Å²) in [5.74, 6) is 0.573. The van der Waals surface area contributed by atoms with Gasteiger partial charge in [-0.3, -0.25) is 20.2 Å². The Morgan fingerprint density at radius 1 is 1.00 bits per heavy atom. The van der Waals surface area contributed by atoms with Crippen LogP contribution in [0.2, 0.25) is 0 Å². The summed E-state index contributed by atoms with van der Waals surface area (Å²) in [6, 6.07) is 8.06. The highest BCUT2D eigenvalue weighted by molar-refractivity contribution is 6.08. The number of anilines is 1. The average Bonchev–Trinajstić information content (AvgIpc) is 2.85. The standard InChI is InChI=1S/C25H28N8O/c1-17-13-29-20(14-28-17)18-3-5-19(6-4-18)25(7-2-8-25)24(26)32-23(34)21-15-31-22(16-30-21)33-11-9-27-10-12-33/h3-6,13-16,27H,2,7-12H2,1H3,(H2,26,32,34). The normalized spacial score (nSPS) is 17.0. The molecule has 0 unspecified atom stereocenters. The van der Waals surface area contributed by atoms with E-state index in [0.29, 0.717) is 0 Å². The third-order valence-electron chi connectivity index (χ3n) is 6.75. The molecule has 1 amide bonds. The van der Waals surface area contributed by atoms with Gasteiger partial charge in [-0.15, -0.1) is 0 Å². The third kappa shape index (κ3) is 4.26. The summed E-state index contributed by atoms with van der Waals surface area (Å²) in [4.78, 5) is 32.5. The van der Waals surface area contributed by atoms with E-state index in [9.17, 15) is 4.79 Å². The first kappa shape index (κ1) is 22.1. The Morgan fingerprint density at radius 2 is 1.76 bits per heavy atom. The van der Waals surface area contributed by atoms with E-state index in [1.807, 2.05) is 31.2 Å². The summed E-state index contributed by atoms with van der Waals surface area (Å²) in [5.41, 5.74) is 3.41. The number of rotatable bonds is 5. The van der Waals surface area contributed by atoms with Crippen LogP contribution < -0.4 is 15.5 Å². The predicted molar refractivity (Wildman–Crippen MR) is 130 cm³/mol. The Hall–Kier alpha value is -3.72. The zero-order chi connectivity index (χ0) is 23.5. The van der Waals surface area contributed by atoms with Gasteiger partial charge < -0.3 is 15.5 Å². The molecule has 3 aromatic rings. The predicted octanol–water partition coefficient (Wildman–Crippen LogP) is 2.48. The van der Waals surface area contributed by atoms with Gasteiger partial charge in [0.15, 0.2) is 0 Å². The van der Waals surface area contributed by atoms with Crippen LogP contribution in [0.5, 0.6) is 0 Å². The summed E-state index contributed by atoms with van der Waals surface area (Å²) in [7, 11) is 0. The van der Waals surface area contributed by atoms with E-state index >= 15 is 0 Å². The monoisotopic (exact) mass is 456 g/mol. The maximum absolute atomic E-state index is 12.8. The molecule has 0 atom stereocenters. The number of carbonyl (C=O) groups is 1. The van der Waals surface area contributed by atoms with Crippen molar-refractivity contribution in [1.29, 1.82) is 5.41 Å². The molecule has 2 aromatic heterocycles. The minimum Gasteiger partial charge on any atom is -0.353 e. The lowest BCUT2D eigenvalue weighted by molar-refractivity contribution is 0.0967. The van der Waals surface area contributed by atoms with E-state index in [0.717, 1.165) is 73.8 Å². The molecular weight excluding hydrogens is 428 g/mol. The van der Waals surface area contributed by atoms with Crippen molar-refractivity contribution in [2.75, 3.05) is 31.1 Å². The van der Waals surface area contributed by atoms with E-state index in [1.54, 1.807) is 18.6 Å². The Balaban J connectivity index is 1.28. The molecule has 1 aliphatic carbocycles. The second-order valence-corrected chi connectivity index (χ2v) is 8.88. The number of aromatic nitrogens is 4. The van der Waals surface area contributed by atoms with Gasteiger partial charge in [0.25, 0.3) is 5.91 Å². The van der Waals surface area contributed by atoms with Crippen LogP contribution in [-0.4, -0.2) is 57.9 Å². The molecule has 9 heteroatoms. The smallest absolute Gasteiger partial charge is 0.276 e. The number of amides is 1. The van der Waals surface area contributed by atoms with Crippen LogP contribution in [0.15, 0.2) is 49.1 Å². The highest BCUT2D eigenvalue weighted by atomic mass is 16.2. The van der Waals surface area contributed by atoms with Crippen LogP contribution in [0.4, 0.5) is 5.82 Å². The Bertz CT molecular complexity index is 1170. The lowest BCUT2D eigenvalue weighted by Crippen LogP contribution is -2.50. The Kier molecular flexibility index (Phi) is 6.02. The van der Waals surface area contributed by atoms with Crippen molar-refractivity contribution in [2.24, 2.45) is 0 Å². The van der Waals surface area contributed by atoms with Gasteiger partial charge in [0.05, 0.1) is 35.4 Å². The molecule has 1 saturated heterocycles. The molecule has 3 N–H and O–H groups in total. The molecule has 34 heavy (non-hydrogen) atoms. The van der Waals surface area contributed by atoms with Crippen molar-refractivity contribution in [2.45, 2.75) is 31.6 Å². The number of nitrogens with one attached hydrogen (secondary N) is 3. The van der Waals surface area contributed by atoms with Crippen LogP contribution in [0, 0.1) is 12.3 Å². The minimum atomic E-state index is -0.485. The van der Waals surface area contributed by atoms with Crippen LogP contribution in [0.3, 0.4) is 0 Å². The maximum Gasteiger partial charge on any atom is 0.276 e. The first-order valence-corrected chi connectivity index (χ1v) is 11.6. The Morgan fingerprint density at radius 3 is 2.35 bits per heavy atom. The fourth-order valence-electron chi connectivity index (χ4n) is 4.51. The summed E-state index contributed by atoms with van der Waals surface area (Å²) < 4.78 is 0. The molecule has 0 spiro atoms. The van der Waals surface area contributed by atoms with Crippen LogP contribution in [-0.2, 0) is 5.41 Å². The lowest BCUT2D eigenvalue weighted by atomic mass is 9.63. The van der Waals surface area contributed by atoms with Gasteiger partial charge >= 0.3 is 0 Å². The molecule has 1 aliphatic heterocycles. The van der Waals surface area contributed by atoms with E-state index in [4.69, 9.17) is 5.41 Å². The van der Waals surface area contributed by atoms with Crippen molar-refractivity contribution in [3.05, 3.63) is 66.0 Å². The fraction of sp³-hybridized carbons (Fsp3) is 0.360. The van der Waals surface area contributed by atoms with E-state index in [-0.39, 0.29) is 11.5 Å². The average molecular weight is 457 g/mol. The molecule has 2 fully saturated rings.